The van der Waals surface area contributed by atoms with Crippen LogP contribution in [0.15, 0.2) is 67.0 Å². The maximum absolute atomic E-state index is 14.2. The van der Waals surface area contributed by atoms with Crippen molar-refractivity contribution in [2.24, 2.45) is 0 Å². The summed E-state index contributed by atoms with van der Waals surface area (Å²) < 4.78 is 27.1. The number of hydrogen-bond acceptors (Lipinski definition) is 5. The summed E-state index contributed by atoms with van der Waals surface area (Å²) >= 11 is 0. The third-order valence-corrected chi connectivity index (χ3v) is 8.13. The average molecular weight is 538 g/mol. The Balaban J connectivity index is 1.20. The number of benzene rings is 1. The number of aromatic amines is 1. The van der Waals surface area contributed by atoms with E-state index in [1.54, 1.807) is 32.7 Å². The molecule has 40 heavy (non-hydrogen) atoms. The molecule has 0 saturated carbocycles. The van der Waals surface area contributed by atoms with Gasteiger partial charge >= 0.3 is 0 Å². The lowest BCUT2D eigenvalue weighted by Crippen LogP contribution is -2.44. The van der Waals surface area contributed by atoms with Crippen LogP contribution in [0.3, 0.4) is 0 Å². The van der Waals surface area contributed by atoms with Crippen molar-refractivity contribution in [3.8, 4) is 22.8 Å². The topological polar surface area (TPSA) is 85.3 Å². The first kappa shape index (κ1) is 24.4. The van der Waals surface area contributed by atoms with E-state index >= 15 is 0 Å². The monoisotopic (exact) mass is 537 g/mol. The van der Waals surface area contributed by atoms with E-state index in [1.807, 2.05) is 33.7 Å². The summed E-state index contributed by atoms with van der Waals surface area (Å²) in [6.45, 7) is 0.176. The molecule has 5 aromatic rings. The van der Waals surface area contributed by atoms with E-state index in [4.69, 9.17) is 9.47 Å². The number of methoxy groups -OCH3 is 2. The first-order valence-electron chi connectivity index (χ1n) is 13.4. The van der Waals surface area contributed by atoms with Crippen molar-refractivity contribution in [1.82, 2.24) is 24.4 Å². The van der Waals surface area contributed by atoms with Crippen LogP contribution in [0.25, 0.3) is 38.8 Å². The maximum Gasteiger partial charge on any atom is 0.243 e. The molecule has 1 amide bonds. The molecular weight excluding hydrogens is 509 g/mol. The lowest BCUT2D eigenvalue weighted by molar-refractivity contribution is -0.134. The summed E-state index contributed by atoms with van der Waals surface area (Å²) in [4.78, 5) is 28.2. The van der Waals surface area contributed by atoms with Gasteiger partial charge in [-0.25, -0.2) is 14.4 Å². The third kappa shape index (κ3) is 3.92. The SMILES string of the molecule is COc1ccc(F)cc1-c1ccnc2[nH]c(C3=CC4CCC(C3)N4C(=O)Cn3c(OC)cc4cccnc43)cc12. The van der Waals surface area contributed by atoms with Crippen molar-refractivity contribution in [1.29, 1.82) is 0 Å². The smallest absolute Gasteiger partial charge is 0.243 e. The first-order chi connectivity index (χ1) is 19.5. The Morgan fingerprint density at radius 1 is 1.05 bits per heavy atom. The van der Waals surface area contributed by atoms with Gasteiger partial charge in [0.15, 0.2) is 5.88 Å². The first-order valence-corrected chi connectivity index (χ1v) is 13.4. The van der Waals surface area contributed by atoms with E-state index in [-0.39, 0.29) is 30.4 Å². The molecule has 7 rings (SSSR count). The summed E-state index contributed by atoms with van der Waals surface area (Å²) in [6, 6.07) is 14.4. The molecule has 8 nitrogen and oxygen atoms in total. The Hall–Kier alpha value is -4.66. The normalized spacial score (nSPS) is 18.4. The standard InChI is InChI=1S/C31H28FN5O3/c1-39-27-8-5-20(32)15-24(27)23-9-11-33-30-25(23)16-26(35-30)19-12-21-6-7-22(13-19)37(21)28(38)17-36-29(40-2)14-18-4-3-10-34-31(18)36/h3-5,8-12,14-16,21-22H,6-7,13,17H2,1-2H3,(H,33,35). The molecule has 0 spiro atoms. The summed E-state index contributed by atoms with van der Waals surface area (Å²) in [6.07, 6.45) is 8.27. The van der Waals surface area contributed by atoms with Crippen molar-refractivity contribution < 1.29 is 18.7 Å². The van der Waals surface area contributed by atoms with Crippen LogP contribution in [-0.2, 0) is 11.3 Å². The predicted molar refractivity (Wildman–Crippen MR) is 151 cm³/mol. The van der Waals surface area contributed by atoms with Crippen molar-refractivity contribution >= 4 is 33.5 Å². The number of nitrogens with zero attached hydrogens (tertiary/aromatic N) is 4. The number of carbonyl (C=O) groups excluding carboxylic acids is 1. The molecule has 2 aliphatic rings. The van der Waals surface area contributed by atoms with Crippen LogP contribution in [0, 0.1) is 5.82 Å². The number of rotatable bonds is 6. The predicted octanol–water partition coefficient (Wildman–Crippen LogP) is 5.58. The van der Waals surface area contributed by atoms with Crippen LogP contribution in [0.4, 0.5) is 4.39 Å². The summed E-state index contributed by atoms with van der Waals surface area (Å²) in [7, 11) is 3.19. The Bertz CT molecular complexity index is 1810. The molecule has 202 valence electrons. The van der Waals surface area contributed by atoms with E-state index in [9.17, 15) is 9.18 Å². The second-order valence-electron chi connectivity index (χ2n) is 10.3. The molecular formula is C31H28FN5O3. The number of halogens is 1. The van der Waals surface area contributed by atoms with Gasteiger partial charge in [-0.3, -0.25) is 9.36 Å². The van der Waals surface area contributed by atoms with Gasteiger partial charge in [0.05, 0.1) is 20.3 Å². The fourth-order valence-corrected chi connectivity index (χ4v) is 6.35. The van der Waals surface area contributed by atoms with Gasteiger partial charge in [-0.05, 0) is 72.9 Å². The van der Waals surface area contributed by atoms with Gasteiger partial charge in [0.25, 0.3) is 0 Å². The molecule has 2 unspecified atom stereocenters. The van der Waals surface area contributed by atoms with E-state index in [1.165, 1.54) is 12.1 Å². The molecule has 1 N–H and O–H groups in total. The summed E-state index contributed by atoms with van der Waals surface area (Å²) in [5.41, 5.74) is 5.13. The zero-order valence-corrected chi connectivity index (χ0v) is 22.2. The highest BCUT2D eigenvalue weighted by molar-refractivity contribution is 5.97. The second-order valence-corrected chi connectivity index (χ2v) is 10.3. The Labute approximate surface area is 230 Å². The highest BCUT2D eigenvalue weighted by atomic mass is 19.1. The van der Waals surface area contributed by atoms with Crippen molar-refractivity contribution in [3.05, 3.63) is 78.5 Å². The van der Waals surface area contributed by atoms with Crippen LogP contribution in [-0.4, -0.2) is 56.6 Å². The van der Waals surface area contributed by atoms with Gasteiger partial charge in [0.1, 0.15) is 29.4 Å². The third-order valence-electron chi connectivity index (χ3n) is 8.13. The molecule has 0 aliphatic carbocycles. The molecule has 2 atom stereocenters. The number of amides is 1. The van der Waals surface area contributed by atoms with E-state index in [2.05, 4.69) is 27.1 Å². The van der Waals surface area contributed by atoms with Gasteiger partial charge in [-0.15, -0.1) is 0 Å². The van der Waals surface area contributed by atoms with E-state index in [0.29, 0.717) is 17.2 Å². The Morgan fingerprint density at radius 2 is 1.95 bits per heavy atom. The van der Waals surface area contributed by atoms with Crippen LogP contribution in [0.2, 0.25) is 0 Å². The van der Waals surface area contributed by atoms with Gasteiger partial charge in [-0.1, -0.05) is 6.08 Å². The number of ether oxygens (including phenoxy) is 2. The quantitative estimate of drug-likeness (QED) is 0.306. The van der Waals surface area contributed by atoms with Gasteiger partial charge in [-0.2, -0.15) is 0 Å². The van der Waals surface area contributed by atoms with Crippen molar-refractivity contribution in [2.75, 3.05) is 14.2 Å². The molecule has 1 saturated heterocycles. The summed E-state index contributed by atoms with van der Waals surface area (Å²) in [5, 5.41) is 1.84. The lowest BCUT2D eigenvalue weighted by Gasteiger charge is -2.34. The number of H-pyrrole nitrogens is 1. The number of aromatic nitrogens is 4. The van der Waals surface area contributed by atoms with Crippen molar-refractivity contribution in [3.63, 3.8) is 0 Å². The fourth-order valence-electron chi connectivity index (χ4n) is 6.35. The number of carbonyl (C=O) groups is 1. The maximum atomic E-state index is 14.2. The van der Waals surface area contributed by atoms with Crippen LogP contribution < -0.4 is 9.47 Å². The van der Waals surface area contributed by atoms with Gasteiger partial charge in [0, 0.05) is 46.5 Å². The van der Waals surface area contributed by atoms with Crippen LogP contribution in [0.1, 0.15) is 25.0 Å². The molecule has 1 fully saturated rings. The molecule has 2 bridgehead atoms. The highest BCUT2D eigenvalue weighted by Crippen LogP contribution is 2.41. The zero-order valence-electron chi connectivity index (χ0n) is 22.2. The number of nitrogens with one attached hydrogen (secondary N) is 1. The number of pyridine rings is 2. The summed E-state index contributed by atoms with van der Waals surface area (Å²) in [5.74, 6) is 0.958. The molecule has 9 heteroatoms. The minimum absolute atomic E-state index is 0.0178. The average Bonchev–Trinajstić information content (AvgIpc) is 3.64. The number of hydrogen-bond donors (Lipinski definition) is 1. The highest BCUT2D eigenvalue weighted by Gasteiger charge is 2.40. The molecule has 0 radical (unpaired) electrons. The van der Waals surface area contributed by atoms with Gasteiger partial charge in [0.2, 0.25) is 5.91 Å². The second kappa shape index (κ2) is 9.51. The van der Waals surface area contributed by atoms with Gasteiger partial charge < -0.3 is 19.4 Å². The van der Waals surface area contributed by atoms with E-state index in [0.717, 1.165) is 58.2 Å². The van der Waals surface area contributed by atoms with Crippen molar-refractivity contribution in [2.45, 2.75) is 37.9 Å². The minimum Gasteiger partial charge on any atom is -0.496 e. The molecule has 4 aromatic heterocycles. The van der Waals surface area contributed by atoms with Crippen LogP contribution >= 0.6 is 0 Å². The lowest BCUT2D eigenvalue weighted by atomic mass is 9.97. The fraction of sp³-hybridized carbons (Fsp3) is 0.258. The molecule has 2 aliphatic heterocycles. The van der Waals surface area contributed by atoms with E-state index < -0.39 is 0 Å². The Morgan fingerprint density at radius 3 is 2.77 bits per heavy atom. The Kier molecular flexibility index (Phi) is 5.80. The van der Waals surface area contributed by atoms with Crippen LogP contribution in [0.5, 0.6) is 11.6 Å². The minimum atomic E-state index is -0.325. The largest absolute Gasteiger partial charge is 0.496 e. The zero-order chi connectivity index (χ0) is 27.4. The molecule has 1 aromatic carbocycles. The molecule has 6 heterocycles. The number of fused-ring (bicyclic) bond motifs is 4.